The lowest BCUT2D eigenvalue weighted by Gasteiger charge is -2.20. The Morgan fingerprint density at radius 2 is 2.05 bits per heavy atom. The average molecular weight is 263 g/mol. The van der Waals surface area contributed by atoms with Gasteiger partial charge in [0.05, 0.1) is 6.42 Å². The molecule has 0 saturated carbocycles. The summed E-state index contributed by atoms with van der Waals surface area (Å²) >= 11 is 0. The molecule has 1 heterocycles. The first kappa shape index (κ1) is 13.4. The second-order valence-corrected chi connectivity index (χ2v) is 4.62. The molecule has 0 bridgehead atoms. The van der Waals surface area contributed by atoms with Crippen LogP contribution in [-0.4, -0.2) is 34.7 Å². The molecule has 0 unspecified atom stereocenters. The average Bonchev–Trinajstić information content (AvgIpc) is 2.86. The predicted molar refractivity (Wildman–Crippen MR) is 68.6 cm³/mol. The minimum absolute atomic E-state index is 0.138. The van der Waals surface area contributed by atoms with E-state index in [9.17, 15) is 9.59 Å². The molecule has 1 amide bonds. The number of amides is 1. The van der Waals surface area contributed by atoms with Crippen LogP contribution in [0.25, 0.3) is 0 Å². The Morgan fingerprint density at radius 1 is 1.32 bits per heavy atom. The van der Waals surface area contributed by atoms with Crippen molar-refractivity contribution in [1.29, 1.82) is 0 Å². The zero-order valence-corrected chi connectivity index (χ0v) is 10.6. The molecule has 1 aliphatic rings. The van der Waals surface area contributed by atoms with Gasteiger partial charge in [0.15, 0.2) is 0 Å². The fourth-order valence-corrected chi connectivity index (χ4v) is 2.29. The quantitative estimate of drug-likeness (QED) is 0.846. The van der Waals surface area contributed by atoms with E-state index >= 15 is 0 Å². The summed E-state index contributed by atoms with van der Waals surface area (Å²) < 4.78 is 5.16. The standard InChI is InChI=1S/C14H17NO4/c16-13(19-10-11-5-2-1-3-6-11)9-12-7-4-8-15(12)14(17)18/h1-3,5-6,12H,4,7-10H2,(H,17,18)/t12-/m1/s1. The molecule has 0 aliphatic carbocycles. The molecule has 0 spiro atoms. The smallest absolute Gasteiger partial charge is 0.407 e. The molecule has 0 aromatic heterocycles. The number of ether oxygens (including phenoxy) is 1. The second-order valence-electron chi connectivity index (χ2n) is 4.62. The van der Waals surface area contributed by atoms with Crippen LogP contribution in [0, 0.1) is 0 Å². The van der Waals surface area contributed by atoms with Crippen molar-refractivity contribution in [3.63, 3.8) is 0 Å². The summed E-state index contributed by atoms with van der Waals surface area (Å²) in [6.07, 6.45) is 0.716. The van der Waals surface area contributed by atoms with Crippen molar-refractivity contribution in [3.8, 4) is 0 Å². The molecule has 5 heteroatoms. The highest BCUT2D eigenvalue weighted by atomic mass is 16.5. The number of rotatable bonds is 4. The number of carboxylic acid groups (broad SMARTS) is 1. The Morgan fingerprint density at radius 3 is 2.74 bits per heavy atom. The van der Waals surface area contributed by atoms with Gasteiger partial charge in [-0.1, -0.05) is 30.3 Å². The van der Waals surface area contributed by atoms with E-state index in [1.54, 1.807) is 0 Å². The summed E-state index contributed by atoms with van der Waals surface area (Å²) in [7, 11) is 0. The van der Waals surface area contributed by atoms with Gasteiger partial charge in [0, 0.05) is 12.6 Å². The zero-order valence-electron chi connectivity index (χ0n) is 10.6. The Hall–Kier alpha value is -2.04. The highest BCUT2D eigenvalue weighted by molar-refractivity contribution is 5.72. The molecule has 1 atom stereocenters. The zero-order chi connectivity index (χ0) is 13.7. The van der Waals surface area contributed by atoms with Gasteiger partial charge in [-0.3, -0.25) is 4.79 Å². The van der Waals surface area contributed by atoms with Crippen LogP contribution in [0.1, 0.15) is 24.8 Å². The molecule has 1 aromatic rings. The predicted octanol–water partition coefficient (Wildman–Crippen LogP) is 2.26. The van der Waals surface area contributed by atoms with Gasteiger partial charge in [0.1, 0.15) is 6.61 Å². The Kier molecular flexibility index (Phi) is 4.39. The Balaban J connectivity index is 1.80. The molecule has 1 saturated heterocycles. The number of esters is 1. The third-order valence-electron chi connectivity index (χ3n) is 3.27. The van der Waals surface area contributed by atoms with Crippen LogP contribution in [0.5, 0.6) is 0 Å². The topological polar surface area (TPSA) is 66.8 Å². The fraction of sp³-hybridized carbons (Fsp3) is 0.429. The van der Waals surface area contributed by atoms with Gasteiger partial charge in [0.2, 0.25) is 0 Å². The third-order valence-corrected chi connectivity index (χ3v) is 3.27. The largest absolute Gasteiger partial charge is 0.465 e. The number of nitrogens with zero attached hydrogens (tertiary/aromatic N) is 1. The third kappa shape index (κ3) is 3.71. The van der Waals surface area contributed by atoms with Gasteiger partial charge in [-0.2, -0.15) is 0 Å². The number of carbonyl (C=O) groups is 2. The van der Waals surface area contributed by atoms with E-state index in [0.717, 1.165) is 18.4 Å². The number of carbonyl (C=O) groups excluding carboxylic acids is 1. The highest BCUT2D eigenvalue weighted by Gasteiger charge is 2.30. The highest BCUT2D eigenvalue weighted by Crippen LogP contribution is 2.20. The summed E-state index contributed by atoms with van der Waals surface area (Å²) in [4.78, 5) is 24.0. The lowest BCUT2D eigenvalue weighted by Crippen LogP contribution is -2.35. The van der Waals surface area contributed by atoms with Gasteiger partial charge in [-0.25, -0.2) is 4.79 Å². The SMILES string of the molecule is O=C(C[C@H]1CCCN1C(=O)O)OCc1ccccc1. The molecule has 2 rings (SSSR count). The van der Waals surface area contributed by atoms with Gasteiger partial charge in [0.25, 0.3) is 0 Å². The van der Waals surface area contributed by atoms with Crippen molar-refractivity contribution in [2.45, 2.75) is 31.9 Å². The molecular weight excluding hydrogens is 246 g/mol. The van der Waals surface area contributed by atoms with Gasteiger partial charge < -0.3 is 14.7 Å². The minimum Gasteiger partial charge on any atom is -0.465 e. The summed E-state index contributed by atoms with van der Waals surface area (Å²) in [6.45, 7) is 0.741. The summed E-state index contributed by atoms with van der Waals surface area (Å²) in [6, 6.07) is 9.19. The van der Waals surface area contributed by atoms with Crippen molar-refractivity contribution in [3.05, 3.63) is 35.9 Å². The van der Waals surface area contributed by atoms with Crippen LogP contribution in [0.15, 0.2) is 30.3 Å². The molecule has 0 radical (unpaired) electrons. The number of likely N-dealkylation sites (tertiary alicyclic amines) is 1. The molecule has 5 nitrogen and oxygen atoms in total. The molecule has 102 valence electrons. The maximum absolute atomic E-state index is 11.7. The number of hydrogen-bond donors (Lipinski definition) is 1. The number of benzene rings is 1. The van der Waals surface area contributed by atoms with Gasteiger partial charge in [-0.05, 0) is 18.4 Å². The van der Waals surface area contributed by atoms with Crippen LogP contribution in [-0.2, 0) is 16.1 Å². The van der Waals surface area contributed by atoms with Crippen LogP contribution >= 0.6 is 0 Å². The first-order valence-electron chi connectivity index (χ1n) is 6.36. The Labute approximate surface area is 111 Å². The van der Waals surface area contributed by atoms with Crippen molar-refractivity contribution >= 4 is 12.1 Å². The fourth-order valence-electron chi connectivity index (χ4n) is 2.29. The van der Waals surface area contributed by atoms with Crippen molar-refractivity contribution in [2.75, 3.05) is 6.54 Å². The lowest BCUT2D eigenvalue weighted by molar-refractivity contribution is -0.146. The summed E-state index contributed by atoms with van der Waals surface area (Å²) in [5.41, 5.74) is 0.928. The molecule has 1 aliphatic heterocycles. The van der Waals surface area contributed by atoms with Crippen molar-refractivity contribution in [2.24, 2.45) is 0 Å². The minimum atomic E-state index is -0.960. The molecule has 1 fully saturated rings. The normalized spacial score (nSPS) is 18.3. The van der Waals surface area contributed by atoms with Crippen LogP contribution in [0.3, 0.4) is 0 Å². The van der Waals surface area contributed by atoms with E-state index in [2.05, 4.69) is 0 Å². The van der Waals surface area contributed by atoms with Crippen LogP contribution in [0.4, 0.5) is 4.79 Å². The van der Waals surface area contributed by atoms with E-state index in [0.29, 0.717) is 6.54 Å². The van der Waals surface area contributed by atoms with Crippen molar-refractivity contribution in [1.82, 2.24) is 4.90 Å². The Bertz CT molecular complexity index is 446. The molecule has 19 heavy (non-hydrogen) atoms. The monoisotopic (exact) mass is 263 g/mol. The molecule has 1 aromatic carbocycles. The first-order chi connectivity index (χ1) is 9.16. The van der Waals surface area contributed by atoms with E-state index < -0.39 is 6.09 Å². The maximum atomic E-state index is 11.7. The van der Waals surface area contributed by atoms with Crippen molar-refractivity contribution < 1.29 is 19.4 Å². The van der Waals surface area contributed by atoms with Crippen LogP contribution in [0.2, 0.25) is 0 Å². The lowest BCUT2D eigenvalue weighted by atomic mass is 10.1. The maximum Gasteiger partial charge on any atom is 0.407 e. The van der Waals surface area contributed by atoms with E-state index in [-0.39, 0.29) is 25.0 Å². The van der Waals surface area contributed by atoms with Gasteiger partial charge >= 0.3 is 12.1 Å². The van der Waals surface area contributed by atoms with Crippen LogP contribution < -0.4 is 0 Å². The first-order valence-corrected chi connectivity index (χ1v) is 6.36. The molecule has 1 N–H and O–H groups in total. The number of hydrogen-bond acceptors (Lipinski definition) is 3. The van der Waals surface area contributed by atoms with E-state index in [1.807, 2.05) is 30.3 Å². The second kappa shape index (κ2) is 6.22. The summed E-state index contributed by atoms with van der Waals surface area (Å²) in [5.74, 6) is -0.345. The van der Waals surface area contributed by atoms with Gasteiger partial charge in [-0.15, -0.1) is 0 Å². The van der Waals surface area contributed by atoms with E-state index in [1.165, 1.54) is 4.90 Å². The van der Waals surface area contributed by atoms with E-state index in [4.69, 9.17) is 9.84 Å². The molecular formula is C14H17NO4. The summed E-state index contributed by atoms with van der Waals surface area (Å²) in [5, 5.41) is 8.98.